The molecule has 0 saturated carbocycles. The van der Waals surface area contributed by atoms with Crippen molar-refractivity contribution in [3.8, 4) is 0 Å². The number of aromatic nitrogens is 3. The molecule has 0 aliphatic heterocycles. The Morgan fingerprint density at radius 3 is 2.61 bits per heavy atom. The first-order chi connectivity index (χ1) is 8.36. The van der Waals surface area contributed by atoms with Crippen LogP contribution in [0.2, 0.25) is 0 Å². The second-order valence-electron chi connectivity index (χ2n) is 3.52. The summed E-state index contributed by atoms with van der Waals surface area (Å²) in [4.78, 5) is 8.06. The van der Waals surface area contributed by atoms with Crippen molar-refractivity contribution < 1.29 is 12.9 Å². The van der Waals surface area contributed by atoms with Gasteiger partial charge in [0.1, 0.15) is 0 Å². The molecule has 0 spiro atoms. The minimum atomic E-state index is -3.73. The van der Waals surface area contributed by atoms with Crippen molar-refractivity contribution >= 4 is 26.5 Å². The molecular formula is C8H11N5O3S2. The second-order valence-corrected chi connectivity index (χ2v) is 6.28. The SMILES string of the molecule is Cc1nc(CNc2nc(C)c(S(N)(=O)=O)s2)no1. The van der Waals surface area contributed by atoms with Gasteiger partial charge in [0.2, 0.25) is 15.9 Å². The minimum absolute atomic E-state index is 0.0503. The molecule has 0 atom stereocenters. The first-order valence-electron chi connectivity index (χ1n) is 4.89. The molecule has 2 aromatic rings. The summed E-state index contributed by atoms with van der Waals surface area (Å²) in [5.41, 5.74) is 0.370. The number of rotatable bonds is 4. The van der Waals surface area contributed by atoms with Gasteiger partial charge in [0.05, 0.1) is 12.2 Å². The summed E-state index contributed by atoms with van der Waals surface area (Å²) in [6, 6.07) is 0. The topological polar surface area (TPSA) is 124 Å². The van der Waals surface area contributed by atoms with Gasteiger partial charge in [-0.1, -0.05) is 16.5 Å². The Hall–Kier alpha value is -1.52. The Morgan fingerprint density at radius 1 is 1.39 bits per heavy atom. The van der Waals surface area contributed by atoms with Crippen molar-refractivity contribution in [3.63, 3.8) is 0 Å². The molecule has 2 rings (SSSR count). The van der Waals surface area contributed by atoms with E-state index in [1.807, 2.05) is 0 Å². The monoisotopic (exact) mass is 289 g/mol. The zero-order valence-corrected chi connectivity index (χ0v) is 11.3. The zero-order chi connectivity index (χ0) is 13.3. The maximum Gasteiger partial charge on any atom is 0.249 e. The van der Waals surface area contributed by atoms with Crippen molar-refractivity contribution in [2.24, 2.45) is 5.14 Å². The molecule has 2 heterocycles. The van der Waals surface area contributed by atoms with Crippen LogP contribution >= 0.6 is 11.3 Å². The van der Waals surface area contributed by atoms with Gasteiger partial charge in [0.25, 0.3) is 0 Å². The summed E-state index contributed by atoms with van der Waals surface area (Å²) < 4.78 is 27.3. The van der Waals surface area contributed by atoms with E-state index in [1.165, 1.54) is 0 Å². The summed E-state index contributed by atoms with van der Waals surface area (Å²) in [5, 5.41) is 12.1. The summed E-state index contributed by atoms with van der Waals surface area (Å²) in [6.07, 6.45) is 0. The molecule has 0 aliphatic carbocycles. The number of hydrogen-bond acceptors (Lipinski definition) is 8. The zero-order valence-electron chi connectivity index (χ0n) is 9.67. The van der Waals surface area contributed by atoms with Crippen LogP contribution < -0.4 is 10.5 Å². The van der Waals surface area contributed by atoms with Crippen molar-refractivity contribution in [1.82, 2.24) is 15.1 Å². The van der Waals surface area contributed by atoms with E-state index < -0.39 is 10.0 Å². The van der Waals surface area contributed by atoms with E-state index in [2.05, 4.69) is 20.4 Å². The van der Waals surface area contributed by atoms with Crippen molar-refractivity contribution in [2.45, 2.75) is 24.6 Å². The van der Waals surface area contributed by atoms with Crippen LogP contribution in [0.4, 0.5) is 5.13 Å². The number of nitrogens with two attached hydrogens (primary N) is 1. The lowest BCUT2D eigenvalue weighted by Crippen LogP contribution is -2.11. The normalized spacial score (nSPS) is 11.7. The molecule has 0 radical (unpaired) electrons. The smallest absolute Gasteiger partial charge is 0.249 e. The van der Waals surface area contributed by atoms with Crippen LogP contribution in [0.1, 0.15) is 17.4 Å². The van der Waals surface area contributed by atoms with Crippen LogP contribution in [0.5, 0.6) is 0 Å². The summed E-state index contributed by atoms with van der Waals surface area (Å²) in [6.45, 7) is 3.57. The Kier molecular flexibility index (Phi) is 3.32. The van der Waals surface area contributed by atoms with Gasteiger partial charge in [-0.25, -0.2) is 18.5 Å². The molecule has 18 heavy (non-hydrogen) atoms. The van der Waals surface area contributed by atoms with Crippen molar-refractivity contribution in [2.75, 3.05) is 5.32 Å². The number of hydrogen-bond donors (Lipinski definition) is 2. The van der Waals surface area contributed by atoms with E-state index in [0.717, 1.165) is 11.3 Å². The van der Waals surface area contributed by atoms with Gasteiger partial charge in [0.15, 0.2) is 15.2 Å². The van der Waals surface area contributed by atoms with Crippen LogP contribution in [0.3, 0.4) is 0 Å². The maximum atomic E-state index is 11.2. The minimum Gasteiger partial charge on any atom is -0.354 e. The van der Waals surface area contributed by atoms with Crippen LogP contribution in [-0.2, 0) is 16.6 Å². The van der Waals surface area contributed by atoms with E-state index in [9.17, 15) is 8.42 Å². The largest absolute Gasteiger partial charge is 0.354 e. The first kappa shape index (κ1) is 12.9. The van der Waals surface area contributed by atoms with Gasteiger partial charge < -0.3 is 9.84 Å². The van der Waals surface area contributed by atoms with E-state index in [1.54, 1.807) is 13.8 Å². The van der Waals surface area contributed by atoms with Crippen molar-refractivity contribution in [1.29, 1.82) is 0 Å². The Labute approximate surface area is 107 Å². The third-order valence-corrected chi connectivity index (χ3v) is 4.65. The lowest BCUT2D eigenvalue weighted by Gasteiger charge is -1.95. The maximum absolute atomic E-state index is 11.2. The van der Waals surface area contributed by atoms with Crippen LogP contribution in [0, 0.1) is 13.8 Å². The molecule has 0 aromatic carbocycles. The van der Waals surface area contributed by atoms with E-state index in [0.29, 0.717) is 29.1 Å². The molecule has 0 fully saturated rings. The third-order valence-electron chi connectivity index (χ3n) is 1.98. The second kappa shape index (κ2) is 4.63. The predicted octanol–water partition coefficient (Wildman–Crippen LogP) is 0.402. The van der Waals surface area contributed by atoms with Gasteiger partial charge in [0, 0.05) is 6.92 Å². The summed E-state index contributed by atoms with van der Waals surface area (Å²) >= 11 is 0.971. The summed E-state index contributed by atoms with van der Waals surface area (Å²) in [5.74, 6) is 0.935. The standard InChI is InChI=1S/C8H11N5O3S2/c1-4-7(18(9,14)15)17-8(11-4)10-3-6-12-5(2)16-13-6/h3H2,1-2H3,(H,10,11)(H2,9,14,15). The number of primary sulfonamides is 1. The Morgan fingerprint density at radius 2 is 2.11 bits per heavy atom. The molecule has 98 valence electrons. The number of anilines is 1. The van der Waals surface area contributed by atoms with Gasteiger partial charge in [-0.15, -0.1) is 0 Å². The third kappa shape index (κ3) is 2.83. The van der Waals surface area contributed by atoms with E-state index >= 15 is 0 Å². The molecule has 0 aliphatic rings. The highest BCUT2D eigenvalue weighted by molar-refractivity contribution is 7.91. The number of nitrogens with one attached hydrogen (secondary N) is 1. The molecular weight excluding hydrogens is 278 g/mol. The Bertz CT molecular complexity index is 660. The molecule has 0 bridgehead atoms. The molecule has 2 aromatic heterocycles. The van der Waals surface area contributed by atoms with Crippen molar-refractivity contribution in [3.05, 3.63) is 17.4 Å². The van der Waals surface area contributed by atoms with Crippen LogP contribution in [0.25, 0.3) is 0 Å². The fourth-order valence-electron chi connectivity index (χ4n) is 1.29. The summed E-state index contributed by atoms with van der Waals surface area (Å²) in [7, 11) is -3.73. The molecule has 10 heteroatoms. The molecule has 0 saturated heterocycles. The van der Waals surface area contributed by atoms with Gasteiger partial charge in [-0.3, -0.25) is 0 Å². The highest BCUT2D eigenvalue weighted by Crippen LogP contribution is 2.26. The lowest BCUT2D eigenvalue weighted by molar-refractivity contribution is 0.388. The number of aryl methyl sites for hydroxylation is 2. The van der Waals surface area contributed by atoms with Gasteiger partial charge in [-0.2, -0.15) is 4.98 Å². The fourth-order valence-corrected chi connectivity index (χ4v) is 3.14. The van der Waals surface area contributed by atoms with Crippen LogP contribution in [0.15, 0.2) is 8.73 Å². The van der Waals surface area contributed by atoms with Crippen LogP contribution in [-0.4, -0.2) is 23.5 Å². The highest BCUT2D eigenvalue weighted by Gasteiger charge is 2.17. The molecule has 8 nitrogen and oxygen atoms in total. The number of nitrogens with zero attached hydrogens (tertiary/aromatic N) is 3. The quantitative estimate of drug-likeness (QED) is 0.834. The van der Waals surface area contributed by atoms with E-state index in [4.69, 9.17) is 9.66 Å². The van der Waals surface area contributed by atoms with Gasteiger partial charge >= 0.3 is 0 Å². The highest BCUT2D eigenvalue weighted by atomic mass is 32.2. The van der Waals surface area contributed by atoms with Gasteiger partial charge in [-0.05, 0) is 6.92 Å². The Balaban J connectivity index is 2.11. The number of sulfonamides is 1. The molecule has 0 unspecified atom stereocenters. The van der Waals surface area contributed by atoms with E-state index in [-0.39, 0.29) is 4.21 Å². The number of thiazole rings is 1. The molecule has 3 N–H and O–H groups in total. The first-order valence-corrected chi connectivity index (χ1v) is 7.26. The lowest BCUT2D eigenvalue weighted by atomic mass is 10.6. The average Bonchev–Trinajstić information content (AvgIpc) is 2.81. The molecule has 0 amide bonds. The fraction of sp³-hybridized carbons (Fsp3) is 0.375. The predicted molar refractivity (Wildman–Crippen MR) is 64.6 cm³/mol. The average molecular weight is 289 g/mol.